The summed E-state index contributed by atoms with van der Waals surface area (Å²) in [4.78, 5) is 19.3. The number of benzene rings is 1. The number of hydrogen-bond donors (Lipinski definition) is 0. The normalized spacial score (nSPS) is 22.5. The van der Waals surface area contributed by atoms with Crippen molar-refractivity contribution in [2.45, 2.75) is 45.2 Å². The van der Waals surface area contributed by atoms with Crippen molar-refractivity contribution < 1.29 is 4.79 Å². The zero-order valence-electron chi connectivity index (χ0n) is 12.3. The fourth-order valence-corrected chi connectivity index (χ4v) is 3.46. The predicted octanol–water partition coefficient (Wildman–Crippen LogP) is 4.29. The first-order valence-corrected chi connectivity index (χ1v) is 7.83. The molecule has 2 heterocycles. The topological polar surface area (TPSA) is 33.2 Å². The first-order chi connectivity index (χ1) is 10.1. The summed E-state index contributed by atoms with van der Waals surface area (Å²) in [6, 6.07) is 9.85. The number of carbonyl (C=O) groups is 1. The molecule has 2 atom stereocenters. The van der Waals surface area contributed by atoms with E-state index in [2.05, 4.69) is 18.8 Å². The van der Waals surface area contributed by atoms with Crippen LogP contribution in [0.4, 0.5) is 0 Å². The number of halogens is 1. The second-order valence-electron chi connectivity index (χ2n) is 5.85. The van der Waals surface area contributed by atoms with Gasteiger partial charge in [-0.05, 0) is 45.2 Å². The minimum atomic E-state index is -0.0117. The number of para-hydroxylation sites is 1. The molecule has 3 rings (SSSR count). The third-order valence-electron chi connectivity index (χ3n) is 4.31. The van der Waals surface area contributed by atoms with Crippen LogP contribution >= 0.6 is 11.6 Å². The highest BCUT2D eigenvalue weighted by molar-refractivity contribution is 6.35. The molecule has 1 amide bonds. The van der Waals surface area contributed by atoms with Gasteiger partial charge in [-0.25, -0.2) is 4.98 Å². The molecule has 1 aliphatic heterocycles. The number of nitrogens with zero attached hydrogens (tertiary/aromatic N) is 2. The summed E-state index contributed by atoms with van der Waals surface area (Å²) in [6.45, 7) is 4.21. The molecule has 0 N–H and O–H groups in total. The number of piperidine rings is 1. The smallest absolute Gasteiger partial charge is 0.273 e. The van der Waals surface area contributed by atoms with Gasteiger partial charge in [0, 0.05) is 17.5 Å². The molecule has 2 aromatic rings. The first-order valence-electron chi connectivity index (χ1n) is 7.46. The molecule has 0 spiro atoms. The zero-order chi connectivity index (χ0) is 15.0. The van der Waals surface area contributed by atoms with E-state index in [1.807, 2.05) is 29.2 Å². The number of likely N-dealkylation sites (tertiary alicyclic amines) is 1. The summed E-state index contributed by atoms with van der Waals surface area (Å²) in [7, 11) is 0. The van der Waals surface area contributed by atoms with Gasteiger partial charge in [0.05, 0.1) is 10.5 Å². The lowest BCUT2D eigenvalue weighted by Gasteiger charge is -2.38. The Balaban J connectivity index is 2.01. The third-order valence-corrected chi connectivity index (χ3v) is 4.63. The Morgan fingerprint density at radius 2 is 1.90 bits per heavy atom. The van der Waals surface area contributed by atoms with Gasteiger partial charge in [0.15, 0.2) is 0 Å². The Labute approximate surface area is 129 Å². The Kier molecular flexibility index (Phi) is 3.85. The van der Waals surface area contributed by atoms with Crippen molar-refractivity contribution in [3.8, 4) is 0 Å². The number of hydrogen-bond acceptors (Lipinski definition) is 2. The van der Waals surface area contributed by atoms with Crippen molar-refractivity contribution >= 4 is 28.4 Å². The molecule has 2 unspecified atom stereocenters. The van der Waals surface area contributed by atoms with Crippen molar-refractivity contribution in [3.05, 3.63) is 41.0 Å². The van der Waals surface area contributed by atoms with Gasteiger partial charge in [-0.2, -0.15) is 0 Å². The zero-order valence-corrected chi connectivity index (χ0v) is 13.1. The van der Waals surface area contributed by atoms with Crippen LogP contribution in [-0.4, -0.2) is 27.9 Å². The molecule has 0 saturated carbocycles. The number of pyridine rings is 1. The molecule has 4 heteroatoms. The fourth-order valence-electron chi connectivity index (χ4n) is 3.20. The van der Waals surface area contributed by atoms with E-state index in [4.69, 9.17) is 11.6 Å². The van der Waals surface area contributed by atoms with Gasteiger partial charge in [0.1, 0.15) is 5.69 Å². The van der Waals surface area contributed by atoms with E-state index in [9.17, 15) is 4.79 Å². The Hall–Kier alpha value is -1.61. The molecule has 0 bridgehead atoms. The summed E-state index contributed by atoms with van der Waals surface area (Å²) >= 11 is 6.31. The molecule has 1 aromatic carbocycles. The molecule has 1 aromatic heterocycles. The van der Waals surface area contributed by atoms with Crippen LogP contribution in [0.25, 0.3) is 10.9 Å². The highest BCUT2D eigenvalue weighted by Gasteiger charge is 2.30. The minimum Gasteiger partial charge on any atom is -0.332 e. The van der Waals surface area contributed by atoms with Gasteiger partial charge in [-0.1, -0.05) is 29.8 Å². The second-order valence-corrected chi connectivity index (χ2v) is 6.26. The van der Waals surface area contributed by atoms with Crippen LogP contribution in [0.5, 0.6) is 0 Å². The number of aromatic nitrogens is 1. The van der Waals surface area contributed by atoms with E-state index in [-0.39, 0.29) is 18.0 Å². The van der Waals surface area contributed by atoms with Gasteiger partial charge in [-0.3, -0.25) is 4.79 Å². The Morgan fingerprint density at radius 1 is 1.24 bits per heavy atom. The maximum absolute atomic E-state index is 12.8. The van der Waals surface area contributed by atoms with Crippen molar-refractivity contribution in [2.24, 2.45) is 0 Å². The number of amides is 1. The first kappa shape index (κ1) is 14.3. The maximum Gasteiger partial charge on any atom is 0.273 e. The lowest BCUT2D eigenvalue weighted by atomic mass is 9.97. The largest absolute Gasteiger partial charge is 0.332 e. The van der Waals surface area contributed by atoms with Gasteiger partial charge in [-0.15, -0.1) is 0 Å². The van der Waals surface area contributed by atoms with Gasteiger partial charge < -0.3 is 4.90 Å². The number of rotatable bonds is 1. The van der Waals surface area contributed by atoms with Gasteiger partial charge >= 0.3 is 0 Å². The molecular weight excluding hydrogens is 284 g/mol. The quantitative estimate of drug-likeness (QED) is 0.787. The van der Waals surface area contributed by atoms with E-state index >= 15 is 0 Å². The summed E-state index contributed by atoms with van der Waals surface area (Å²) < 4.78 is 0. The minimum absolute atomic E-state index is 0.0117. The van der Waals surface area contributed by atoms with Crippen molar-refractivity contribution in [1.82, 2.24) is 9.88 Å². The Bertz CT molecular complexity index is 676. The fraction of sp³-hybridized carbons (Fsp3) is 0.412. The third kappa shape index (κ3) is 2.62. The average molecular weight is 303 g/mol. The highest BCUT2D eigenvalue weighted by Crippen LogP contribution is 2.27. The summed E-state index contributed by atoms with van der Waals surface area (Å²) in [5.41, 5.74) is 1.21. The van der Waals surface area contributed by atoms with Crippen molar-refractivity contribution in [1.29, 1.82) is 0 Å². The maximum atomic E-state index is 12.8. The van der Waals surface area contributed by atoms with Crippen LogP contribution < -0.4 is 0 Å². The SMILES string of the molecule is CC1CCCC(C)N1C(=O)c1cc(Cl)c2ccccc2n1. The molecule has 1 aliphatic rings. The summed E-state index contributed by atoms with van der Waals surface area (Å²) in [5.74, 6) is -0.0117. The Morgan fingerprint density at radius 3 is 2.62 bits per heavy atom. The molecule has 0 aliphatic carbocycles. The molecule has 3 nitrogen and oxygen atoms in total. The molecule has 0 radical (unpaired) electrons. The van der Waals surface area contributed by atoms with Crippen LogP contribution in [0, 0.1) is 0 Å². The molecule has 1 saturated heterocycles. The molecule has 1 fully saturated rings. The number of carbonyl (C=O) groups excluding carboxylic acids is 1. The van der Waals surface area contributed by atoms with E-state index in [0.29, 0.717) is 10.7 Å². The van der Waals surface area contributed by atoms with E-state index < -0.39 is 0 Å². The predicted molar refractivity (Wildman–Crippen MR) is 85.7 cm³/mol. The van der Waals surface area contributed by atoms with Gasteiger partial charge in [0.2, 0.25) is 0 Å². The summed E-state index contributed by atoms with van der Waals surface area (Å²) in [6.07, 6.45) is 3.28. The van der Waals surface area contributed by atoms with Crippen LogP contribution in [0.2, 0.25) is 5.02 Å². The van der Waals surface area contributed by atoms with Crippen LogP contribution in [0.15, 0.2) is 30.3 Å². The lowest BCUT2D eigenvalue weighted by Crippen LogP contribution is -2.47. The lowest BCUT2D eigenvalue weighted by molar-refractivity contribution is 0.0505. The molecule has 21 heavy (non-hydrogen) atoms. The van der Waals surface area contributed by atoms with Crippen LogP contribution in [0.3, 0.4) is 0 Å². The number of fused-ring (bicyclic) bond motifs is 1. The highest BCUT2D eigenvalue weighted by atomic mass is 35.5. The molecular formula is C17H19ClN2O. The van der Waals surface area contributed by atoms with Crippen molar-refractivity contribution in [3.63, 3.8) is 0 Å². The van der Waals surface area contributed by atoms with Crippen LogP contribution in [0.1, 0.15) is 43.6 Å². The average Bonchev–Trinajstić information content (AvgIpc) is 2.47. The second kappa shape index (κ2) is 5.64. The molecule has 110 valence electrons. The standard InChI is InChI=1S/C17H19ClN2O/c1-11-6-5-7-12(2)20(11)17(21)16-10-14(18)13-8-3-4-9-15(13)19-16/h3-4,8-12H,5-7H2,1-2H3. The van der Waals surface area contributed by atoms with E-state index in [1.165, 1.54) is 6.42 Å². The monoisotopic (exact) mass is 302 g/mol. The van der Waals surface area contributed by atoms with Gasteiger partial charge in [0.25, 0.3) is 5.91 Å². The van der Waals surface area contributed by atoms with E-state index in [1.54, 1.807) is 6.07 Å². The van der Waals surface area contributed by atoms with Crippen molar-refractivity contribution in [2.75, 3.05) is 0 Å². The van der Waals surface area contributed by atoms with Crippen LogP contribution in [-0.2, 0) is 0 Å². The summed E-state index contributed by atoms with van der Waals surface area (Å²) in [5, 5.41) is 1.47. The van der Waals surface area contributed by atoms with E-state index in [0.717, 1.165) is 23.7 Å².